The van der Waals surface area contributed by atoms with Crippen molar-refractivity contribution in [2.45, 2.75) is 26.3 Å². The van der Waals surface area contributed by atoms with E-state index in [1.165, 1.54) is 0 Å². The highest BCUT2D eigenvalue weighted by Crippen LogP contribution is 2.15. The van der Waals surface area contributed by atoms with Crippen LogP contribution in [0.2, 0.25) is 0 Å². The molecular formula is C17H26N2O2. The van der Waals surface area contributed by atoms with Gasteiger partial charge >= 0.3 is 0 Å². The first kappa shape index (κ1) is 17.2. The van der Waals surface area contributed by atoms with Gasteiger partial charge in [-0.25, -0.2) is 0 Å². The SMILES string of the molecule is C=CCOc1ccc(CN(C)C(=O)CC(CC)CN)cc1. The van der Waals surface area contributed by atoms with Crippen LogP contribution < -0.4 is 10.5 Å². The van der Waals surface area contributed by atoms with E-state index in [1.54, 1.807) is 11.0 Å². The van der Waals surface area contributed by atoms with Crippen molar-refractivity contribution in [2.24, 2.45) is 11.7 Å². The molecule has 0 radical (unpaired) electrons. The van der Waals surface area contributed by atoms with Gasteiger partial charge in [-0.1, -0.05) is 38.1 Å². The van der Waals surface area contributed by atoms with Crippen LogP contribution in [0.25, 0.3) is 0 Å². The van der Waals surface area contributed by atoms with Crippen LogP contribution in [0.3, 0.4) is 0 Å². The molecule has 0 heterocycles. The first-order valence-corrected chi connectivity index (χ1v) is 7.37. The molecule has 0 saturated heterocycles. The summed E-state index contributed by atoms with van der Waals surface area (Å²) in [6.45, 7) is 7.33. The van der Waals surface area contributed by atoms with Crippen LogP contribution in [0, 0.1) is 5.92 Å². The van der Waals surface area contributed by atoms with Gasteiger partial charge in [0.2, 0.25) is 5.91 Å². The standard InChI is InChI=1S/C17H26N2O2/c1-4-10-21-16-8-6-15(7-9-16)13-19(3)17(20)11-14(5-2)12-18/h4,6-9,14H,1,5,10-13,18H2,2-3H3. The number of carbonyl (C=O) groups excluding carboxylic acids is 1. The van der Waals surface area contributed by atoms with Crippen molar-refractivity contribution in [1.82, 2.24) is 4.90 Å². The molecule has 1 atom stereocenters. The third-order valence-electron chi connectivity index (χ3n) is 3.51. The van der Waals surface area contributed by atoms with Gasteiger partial charge in [-0.3, -0.25) is 4.79 Å². The molecule has 4 heteroatoms. The largest absolute Gasteiger partial charge is 0.490 e. The Morgan fingerprint density at radius 3 is 2.62 bits per heavy atom. The second kappa shape index (κ2) is 9.19. The number of ether oxygens (including phenoxy) is 1. The van der Waals surface area contributed by atoms with Crippen molar-refractivity contribution in [3.63, 3.8) is 0 Å². The number of nitrogens with zero attached hydrogens (tertiary/aromatic N) is 1. The molecule has 0 bridgehead atoms. The van der Waals surface area contributed by atoms with E-state index in [-0.39, 0.29) is 11.8 Å². The minimum Gasteiger partial charge on any atom is -0.490 e. The van der Waals surface area contributed by atoms with Crippen LogP contribution in [0.15, 0.2) is 36.9 Å². The molecule has 1 amide bonds. The van der Waals surface area contributed by atoms with Crippen molar-refractivity contribution in [1.29, 1.82) is 0 Å². The van der Waals surface area contributed by atoms with Crippen LogP contribution in [-0.2, 0) is 11.3 Å². The number of hydrogen-bond acceptors (Lipinski definition) is 3. The zero-order chi connectivity index (χ0) is 15.7. The monoisotopic (exact) mass is 290 g/mol. The van der Waals surface area contributed by atoms with Gasteiger partial charge in [-0.15, -0.1) is 0 Å². The second-order valence-corrected chi connectivity index (χ2v) is 5.21. The second-order valence-electron chi connectivity index (χ2n) is 5.21. The Bertz CT molecular complexity index is 439. The van der Waals surface area contributed by atoms with E-state index in [0.29, 0.717) is 26.1 Å². The van der Waals surface area contributed by atoms with Crippen molar-refractivity contribution in [2.75, 3.05) is 20.2 Å². The Hall–Kier alpha value is -1.81. The molecule has 0 saturated carbocycles. The molecule has 0 spiro atoms. The van der Waals surface area contributed by atoms with E-state index in [0.717, 1.165) is 17.7 Å². The average molecular weight is 290 g/mol. The number of carbonyl (C=O) groups is 1. The minimum atomic E-state index is 0.138. The highest BCUT2D eigenvalue weighted by molar-refractivity contribution is 5.76. The zero-order valence-corrected chi connectivity index (χ0v) is 13.0. The van der Waals surface area contributed by atoms with Crippen LogP contribution in [-0.4, -0.2) is 31.0 Å². The molecule has 0 aliphatic rings. The fourth-order valence-electron chi connectivity index (χ4n) is 2.01. The van der Waals surface area contributed by atoms with Crippen LogP contribution in [0.4, 0.5) is 0 Å². The average Bonchev–Trinajstić information content (AvgIpc) is 2.51. The van der Waals surface area contributed by atoms with Crippen molar-refractivity contribution >= 4 is 5.91 Å². The molecular weight excluding hydrogens is 264 g/mol. The van der Waals surface area contributed by atoms with E-state index in [4.69, 9.17) is 10.5 Å². The first-order valence-electron chi connectivity index (χ1n) is 7.37. The molecule has 0 aliphatic heterocycles. The normalized spacial score (nSPS) is 11.8. The Labute approximate surface area is 127 Å². The van der Waals surface area contributed by atoms with Gasteiger partial charge in [0.05, 0.1) is 0 Å². The van der Waals surface area contributed by atoms with E-state index in [1.807, 2.05) is 31.3 Å². The third kappa shape index (κ3) is 6.00. The lowest BCUT2D eigenvalue weighted by Crippen LogP contribution is -2.29. The van der Waals surface area contributed by atoms with Crippen LogP contribution in [0.5, 0.6) is 5.75 Å². The van der Waals surface area contributed by atoms with Gasteiger partial charge in [0.25, 0.3) is 0 Å². The quantitative estimate of drug-likeness (QED) is 0.711. The summed E-state index contributed by atoms with van der Waals surface area (Å²) >= 11 is 0. The van der Waals surface area contributed by atoms with Crippen LogP contribution >= 0.6 is 0 Å². The van der Waals surface area contributed by atoms with Gasteiger partial charge in [-0.2, -0.15) is 0 Å². The summed E-state index contributed by atoms with van der Waals surface area (Å²) in [5, 5.41) is 0. The predicted octanol–water partition coefficient (Wildman–Crippen LogP) is 2.58. The molecule has 1 rings (SSSR count). The smallest absolute Gasteiger partial charge is 0.222 e. The maximum Gasteiger partial charge on any atom is 0.222 e. The molecule has 0 fully saturated rings. The summed E-state index contributed by atoms with van der Waals surface area (Å²) in [4.78, 5) is 13.9. The van der Waals surface area contributed by atoms with Gasteiger partial charge < -0.3 is 15.4 Å². The fraction of sp³-hybridized carbons (Fsp3) is 0.471. The topological polar surface area (TPSA) is 55.6 Å². The lowest BCUT2D eigenvalue weighted by Gasteiger charge is -2.20. The first-order chi connectivity index (χ1) is 10.1. The van der Waals surface area contributed by atoms with Crippen molar-refractivity contribution in [3.05, 3.63) is 42.5 Å². The Morgan fingerprint density at radius 2 is 2.10 bits per heavy atom. The molecule has 1 aromatic carbocycles. The lowest BCUT2D eigenvalue weighted by atomic mass is 10.0. The lowest BCUT2D eigenvalue weighted by molar-refractivity contribution is -0.131. The van der Waals surface area contributed by atoms with Gasteiger partial charge in [-0.05, 0) is 30.2 Å². The van der Waals surface area contributed by atoms with E-state index in [9.17, 15) is 4.79 Å². The molecule has 2 N–H and O–H groups in total. The minimum absolute atomic E-state index is 0.138. The molecule has 4 nitrogen and oxygen atoms in total. The van der Waals surface area contributed by atoms with Gasteiger partial charge in [0.15, 0.2) is 0 Å². The van der Waals surface area contributed by atoms with E-state index < -0.39 is 0 Å². The maximum absolute atomic E-state index is 12.1. The summed E-state index contributed by atoms with van der Waals surface area (Å²) in [7, 11) is 1.83. The van der Waals surface area contributed by atoms with Gasteiger partial charge in [0.1, 0.15) is 12.4 Å². The summed E-state index contributed by atoms with van der Waals surface area (Å²) in [5.74, 6) is 1.22. The van der Waals surface area contributed by atoms with Crippen molar-refractivity contribution < 1.29 is 9.53 Å². The van der Waals surface area contributed by atoms with Gasteiger partial charge in [0, 0.05) is 20.0 Å². The molecule has 116 valence electrons. The number of benzene rings is 1. The highest BCUT2D eigenvalue weighted by atomic mass is 16.5. The fourth-order valence-corrected chi connectivity index (χ4v) is 2.01. The number of rotatable bonds is 9. The molecule has 21 heavy (non-hydrogen) atoms. The Balaban J connectivity index is 2.51. The van der Waals surface area contributed by atoms with E-state index in [2.05, 4.69) is 13.5 Å². The summed E-state index contributed by atoms with van der Waals surface area (Å²) in [6, 6.07) is 7.77. The molecule has 1 aromatic rings. The zero-order valence-electron chi connectivity index (χ0n) is 13.0. The number of amides is 1. The molecule has 0 aromatic heterocycles. The molecule has 1 unspecified atom stereocenters. The number of hydrogen-bond donors (Lipinski definition) is 1. The highest BCUT2D eigenvalue weighted by Gasteiger charge is 2.14. The molecule has 0 aliphatic carbocycles. The summed E-state index contributed by atoms with van der Waals surface area (Å²) in [5.41, 5.74) is 6.73. The summed E-state index contributed by atoms with van der Waals surface area (Å²) < 4.78 is 5.43. The summed E-state index contributed by atoms with van der Waals surface area (Å²) in [6.07, 6.45) is 3.16. The Kier molecular flexibility index (Phi) is 7.54. The van der Waals surface area contributed by atoms with E-state index >= 15 is 0 Å². The predicted molar refractivity (Wildman–Crippen MR) is 86.1 cm³/mol. The van der Waals surface area contributed by atoms with Crippen molar-refractivity contribution in [3.8, 4) is 5.75 Å². The number of nitrogens with two attached hydrogens (primary N) is 1. The van der Waals surface area contributed by atoms with Crippen LogP contribution in [0.1, 0.15) is 25.3 Å². The third-order valence-corrected chi connectivity index (χ3v) is 3.51. The Morgan fingerprint density at radius 1 is 1.43 bits per heavy atom. The maximum atomic E-state index is 12.1.